The maximum absolute atomic E-state index is 12.1. The summed E-state index contributed by atoms with van der Waals surface area (Å²) < 4.78 is 7.08. The van der Waals surface area contributed by atoms with Crippen LogP contribution in [0.3, 0.4) is 0 Å². The second-order valence-corrected chi connectivity index (χ2v) is 7.45. The topological polar surface area (TPSA) is 34.5 Å². The number of nitrogens with zero attached hydrogens (tertiary/aromatic N) is 2. The summed E-state index contributed by atoms with van der Waals surface area (Å²) >= 11 is 0. The lowest BCUT2D eigenvalue weighted by Gasteiger charge is -2.22. The van der Waals surface area contributed by atoms with Crippen molar-refractivity contribution in [3.63, 3.8) is 0 Å². The van der Waals surface area contributed by atoms with Gasteiger partial charge in [-0.25, -0.2) is 0 Å². The van der Waals surface area contributed by atoms with Crippen LogP contribution in [-0.4, -0.2) is 42.7 Å². The first-order valence-electron chi connectivity index (χ1n) is 7.98. The van der Waals surface area contributed by atoms with Crippen LogP contribution in [-0.2, 0) is 28.4 Å². The van der Waals surface area contributed by atoms with Crippen molar-refractivity contribution in [2.45, 2.75) is 38.6 Å². The molecule has 0 fully saturated rings. The van der Waals surface area contributed by atoms with Gasteiger partial charge in [-0.1, -0.05) is 26.8 Å². The molecule has 0 radical (unpaired) electrons. The number of aryl methyl sites for hydroxylation is 1. The number of esters is 1. The number of methoxy groups -OCH3 is 1. The van der Waals surface area contributed by atoms with Gasteiger partial charge in [-0.15, -0.1) is 0 Å². The van der Waals surface area contributed by atoms with E-state index in [9.17, 15) is 4.79 Å². The fourth-order valence-electron chi connectivity index (χ4n) is 2.92. The zero-order chi connectivity index (χ0) is 17.4. The number of carbonyl (C=O) groups is 1. The lowest BCUT2D eigenvalue weighted by molar-refractivity contribution is -0.145. The van der Waals surface area contributed by atoms with Gasteiger partial charge in [0.15, 0.2) is 0 Å². The van der Waals surface area contributed by atoms with Gasteiger partial charge < -0.3 is 9.30 Å². The van der Waals surface area contributed by atoms with Crippen LogP contribution in [0.25, 0.3) is 10.9 Å². The van der Waals surface area contributed by atoms with Crippen molar-refractivity contribution in [1.29, 1.82) is 0 Å². The van der Waals surface area contributed by atoms with E-state index in [1.54, 1.807) is 0 Å². The Morgan fingerprint density at radius 3 is 2.48 bits per heavy atom. The standard InChI is InChI=1S/C19H28N2O2/c1-19(2,3)14-8-9-16-15(11-14)13(12-21(16)6)10-17(20(4)5)18(22)23-7/h8-9,11-12,17H,10H2,1-7H3. The molecule has 1 atom stereocenters. The minimum Gasteiger partial charge on any atom is -0.468 e. The average Bonchev–Trinajstić information content (AvgIpc) is 2.78. The zero-order valence-electron chi connectivity index (χ0n) is 15.3. The molecule has 0 aliphatic heterocycles. The number of hydrogen-bond donors (Lipinski definition) is 0. The Balaban J connectivity index is 2.49. The monoisotopic (exact) mass is 316 g/mol. The first-order chi connectivity index (χ1) is 10.6. The van der Waals surface area contributed by atoms with Crippen molar-refractivity contribution in [2.24, 2.45) is 7.05 Å². The quantitative estimate of drug-likeness (QED) is 0.813. The summed E-state index contributed by atoms with van der Waals surface area (Å²) in [6.45, 7) is 6.65. The van der Waals surface area contributed by atoms with Gasteiger partial charge in [-0.2, -0.15) is 0 Å². The lowest BCUT2D eigenvalue weighted by atomic mass is 9.86. The van der Waals surface area contributed by atoms with Crippen molar-refractivity contribution in [2.75, 3.05) is 21.2 Å². The lowest BCUT2D eigenvalue weighted by Crippen LogP contribution is -2.38. The molecule has 1 heterocycles. The van der Waals surface area contributed by atoms with Crippen LogP contribution in [0, 0.1) is 0 Å². The van der Waals surface area contributed by atoms with Crippen LogP contribution >= 0.6 is 0 Å². The summed E-state index contributed by atoms with van der Waals surface area (Å²) in [6, 6.07) is 6.34. The summed E-state index contributed by atoms with van der Waals surface area (Å²) in [6.07, 6.45) is 2.77. The van der Waals surface area contributed by atoms with Gasteiger partial charge in [0, 0.05) is 30.6 Å². The average molecular weight is 316 g/mol. The number of fused-ring (bicyclic) bond motifs is 1. The molecule has 4 heteroatoms. The van der Waals surface area contributed by atoms with Crippen molar-refractivity contribution >= 4 is 16.9 Å². The van der Waals surface area contributed by atoms with E-state index in [1.807, 2.05) is 26.0 Å². The van der Waals surface area contributed by atoms with Crippen molar-refractivity contribution in [3.8, 4) is 0 Å². The first-order valence-corrected chi connectivity index (χ1v) is 7.98. The second-order valence-electron chi connectivity index (χ2n) is 7.45. The molecule has 0 saturated carbocycles. The Bertz CT molecular complexity index is 708. The van der Waals surface area contributed by atoms with Crippen LogP contribution in [0.2, 0.25) is 0 Å². The third-order valence-corrected chi connectivity index (χ3v) is 4.45. The number of ether oxygens (including phenoxy) is 1. The fourth-order valence-corrected chi connectivity index (χ4v) is 2.92. The maximum Gasteiger partial charge on any atom is 0.323 e. The smallest absolute Gasteiger partial charge is 0.323 e. The number of rotatable bonds is 4. The number of benzene rings is 1. The highest BCUT2D eigenvalue weighted by Gasteiger charge is 2.24. The predicted molar refractivity (Wildman–Crippen MR) is 94.8 cm³/mol. The molecule has 0 bridgehead atoms. The Hall–Kier alpha value is -1.81. The van der Waals surface area contributed by atoms with Gasteiger partial charge in [-0.3, -0.25) is 9.69 Å². The molecular weight excluding hydrogens is 288 g/mol. The Labute approximate surface area is 139 Å². The molecule has 0 aliphatic rings. The van der Waals surface area contributed by atoms with Gasteiger partial charge in [0.2, 0.25) is 0 Å². The SMILES string of the molecule is COC(=O)C(Cc1cn(C)c2ccc(C(C)(C)C)cc12)N(C)C. The Morgan fingerprint density at radius 2 is 1.96 bits per heavy atom. The summed E-state index contributed by atoms with van der Waals surface area (Å²) in [4.78, 5) is 14.0. The van der Waals surface area contributed by atoms with Gasteiger partial charge in [-0.05, 0) is 42.8 Å². The molecule has 0 saturated heterocycles. The van der Waals surface area contributed by atoms with E-state index < -0.39 is 0 Å². The van der Waals surface area contributed by atoms with Crippen LogP contribution in [0.5, 0.6) is 0 Å². The number of aromatic nitrogens is 1. The van der Waals surface area contributed by atoms with E-state index in [-0.39, 0.29) is 17.4 Å². The van der Waals surface area contributed by atoms with E-state index in [0.717, 1.165) is 0 Å². The minimum atomic E-state index is -0.274. The third-order valence-electron chi connectivity index (χ3n) is 4.45. The maximum atomic E-state index is 12.1. The molecule has 4 nitrogen and oxygen atoms in total. The van der Waals surface area contributed by atoms with E-state index in [1.165, 1.54) is 29.1 Å². The van der Waals surface area contributed by atoms with Crippen molar-refractivity contribution < 1.29 is 9.53 Å². The molecule has 23 heavy (non-hydrogen) atoms. The van der Waals surface area contributed by atoms with Crippen molar-refractivity contribution in [1.82, 2.24) is 9.47 Å². The molecule has 2 aromatic rings. The van der Waals surface area contributed by atoms with E-state index >= 15 is 0 Å². The molecular formula is C19H28N2O2. The number of likely N-dealkylation sites (N-methyl/N-ethyl adjacent to an activating group) is 1. The van der Waals surface area contributed by atoms with Gasteiger partial charge in [0.05, 0.1) is 7.11 Å². The molecule has 0 spiro atoms. The van der Waals surface area contributed by atoms with Gasteiger partial charge >= 0.3 is 5.97 Å². The molecule has 0 amide bonds. The largest absolute Gasteiger partial charge is 0.468 e. The highest BCUT2D eigenvalue weighted by molar-refractivity contribution is 5.86. The molecule has 1 aromatic heterocycles. The Morgan fingerprint density at radius 1 is 1.30 bits per heavy atom. The highest BCUT2D eigenvalue weighted by atomic mass is 16.5. The van der Waals surface area contributed by atoms with Crippen molar-refractivity contribution in [3.05, 3.63) is 35.5 Å². The van der Waals surface area contributed by atoms with Gasteiger partial charge in [0.1, 0.15) is 6.04 Å². The first kappa shape index (κ1) is 17.5. The summed E-state index contributed by atoms with van der Waals surface area (Å²) in [5, 5.41) is 1.22. The summed E-state index contributed by atoms with van der Waals surface area (Å²) in [7, 11) is 7.31. The third kappa shape index (κ3) is 3.58. The minimum absolute atomic E-state index is 0.102. The molecule has 2 rings (SSSR count). The molecule has 0 N–H and O–H groups in total. The fraction of sp³-hybridized carbons (Fsp3) is 0.526. The second kappa shape index (κ2) is 6.36. The van der Waals surface area contributed by atoms with Crippen LogP contribution in [0.1, 0.15) is 31.9 Å². The van der Waals surface area contributed by atoms with Crippen LogP contribution in [0.4, 0.5) is 0 Å². The van der Waals surface area contributed by atoms with E-state index in [4.69, 9.17) is 4.74 Å². The molecule has 126 valence electrons. The number of carbonyl (C=O) groups excluding carboxylic acids is 1. The van der Waals surface area contributed by atoms with Crippen LogP contribution in [0.15, 0.2) is 24.4 Å². The summed E-state index contributed by atoms with van der Waals surface area (Å²) in [5.74, 6) is -0.195. The molecule has 0 aliphatic carbocycles. The molecule has 1 unspecified atom stereocenters. The summed E-state index contributed by atoms with van der Waals surface area (Å²) in [5.41, 5.74) is 3.77. The van der Waals surface area contributed by atoms with Gasteiger partial charge in [0.25, 0.3) is 0 Å². The van der Waals surface area contributed by atoms with Crippen LogP contribution < -0.4 is 0 Å². The normalized spacial score (nSPS) is 13.6. The highest BCUT2D eigenvalue weighted by Crippen LogP contribution is 2.29. The number of hydrogen-bond acceptors (Lipinski definition) is 3. The Kier molecular flexibility index (Phi) is 4.85. The zero-order valence-corrected chi connectivity index (χ0v) is 15.3. The van der Waals surface area contributed by atoms with E-state index in [0.29, 0.717) is 6.42 Å². The van der Waals surface area contributed by atoms with E-state index in [2.05, 4.69) is 49.7 Å². The predicted octanol–water partition coefficient (Wildman–Crippen LogP) is 3.12. The molecule has 1 aromatic carbocycles.